The third kappa shape index (κ3) is 2.08. The van der Waals surface area contributed by atoms with Crippen molar-refractivity contribution in [2.24, 2.45) is 11.8 Å². The number of aliphatic hydroxyl groups is 2. The molecule has 2 fully saturated rings. The first-order valence-corrected chi connectivity index (χ1v) is 7.25. The number of esters is 1. The lowest BCUT2D eigenvalue weighted by molar-refractivity contribution is -0.142. The van der Waals surface area contributed by atoms with Crippen LogP contribution in [0.25, 0.3) is 0 Å². The van der Waals surface area contributed by atoms with Crippen molar-refractivity contribution in [3.63, 3.8) is 0 Å². The molecule has 2 heterocycles. The van der Waals surface area contributed by atoms with E-state index in [0.717, 1.165) is 5.57 Å². The van der Waals surface area contributed by atoms with Gasteiger partial charge in [-0.05, 0) is 31.9 Å². The van der Waals surface area contributed by atoms with Gasteiger partial charge in [-0.1, -0.05) is 6.92 Å². The van der Waals surface area contributed by atoms with Crippen molar-refractivity contribution in [3.05, 3.63) is 11.6 Å². The standard InChI is InChI=1S/C15H22O5/c1-7-4-11-9(8(2)14(18)19-11)5-13-15(3,20-13)12(17)6-10(7)16/h4,8-13,16-17H,5-6H2,1-3H3/b7-4+/t8-,9-,10-,11-,12-,13-,15-/m0/s1. The first-order chi connectivity index (χ1) is 9.33. The minimum atomic E-state index is -0.736. The average molecular weight is 282 g/mol. The molecule has 5 nitrogen and oxygen atoms in total. The molecule has 0 amide bonds. The number of hydrogen-bond donors (Lipinski definition) is 2. The summed E-state index contributed by atoms with van der Waals surface area (Å²) >= 11 is 0. The molecule has 20 heavy (non-hydrogen) atoms. The molecule has 0 aromatic heterocycles. The molecule has 112 valence electrons. The van der Waals surface area contributed by atoms with Crippen molar-refractivity contribution in [1.29, 1.82) is 0 Å². The zero-order chi connectivity index (χ0) is 14.7. The minimum absolute atomic E-state index is 0.0433. The largest absolute Gasteiger partial charge is 0.458 e. The summed E-state index contributed by atoms with van der Waals surface area (Å²) in [7, 11) is 0. The van der Waals surface area contributed by atoms with Crippen molar-refractivity contribution in [2.75, 3.05) is 0 Å². The summed E-state index contributed by atoms with van der Waals surface area (Å²) < 4.78 is 11.1. The molecular formula is C15H22O5. The van der Waals surface area contributed by atoms with Gasteiger partial charge in [0.2, 0.25) is 0 Å². The number of carbonyl (C=O) groups is 1. The highest BCUT2D eigenvalue weighted by molar-refractivity contribution is 5.75. The van der Waals surface area contributed by atoms with E-state index in [4.69, 9.17) is 9.47 Å². The first-order valence-electron chi connectivity index (χ1n) is 7.25. The predicted octanol–water partition coefficient (Wildman–Crippen LogP) is 0.783. The fraction of sp³-hybridized carbons (Fsp3) is 0.800. The van der Waals surface area contributed by atoms with Crippen LogP contribution in [0.1, 0.15) is 33.6 Å². The van der Waals surface area contributed by atoms with Gasteiger partial charge in [0.05, 0.1) is 24.2 Å². The lowest BCUT2D eigenvalue weighted by atomic mass is 9.81. The minimum Gasteiger partial charge on any atom is -0.458 e. The maximum absolute atomic E-state index is 11.8. The Bertz CT molecular complexity index is 459. The van der Waals surface area contributed by atoms with Crippen LogP contribution in [0.4, 0.5) is 0 Å². The maximum atomic E-state index is 11.8. The quantitative estimate of drug-likeness (QED) is 0.390. The highest BCUT2D eigenvalue weighted by Gasteiger charge is 2.60. The van der Waals surface area contributed by atoms with Gasteiger partial charge in [0, 0.05) is 12.3 Å². The summed E-state index contributed by atoms with van der Waals surface area (Å²) in [6.45, 7) is 5.54. The Kier molecular flexibility index (Phi) is 3.19. The third-order valence-corrected chi connectivity index (χ3v) is 5.21. The third-order valence-electron chi connectivity index (χ3n) is 5.21. The number of fused-ring (bicyclic) bond motifs is 2. The van der Waals surface area contributed by atoms with E-state index in [9.17, 15) is 15.0 Å². The van der Waals surface area contributed by atoms with Gasteiger partial charge in [0.25, 0.3) is 0 Å². The first kappa shape index (κ1) is 14.0. The van der Waals surface area contributed by atoms with Crippen LogP contribution in [0.5, 0.6) is 0 Å². The van der Waals surface area contributed by atoms with Gasteiger partial charge < -0.3 is 19.7 Å². The molecule has 2 saturated heterocycles. The van der Waals surface area contributed by atoms with Crippen molar-refractivity contribution in [2.45, 2.75) is 63.6 Å². The van der Waals surface area contributed by atoms with E-state index >= 15 is 0 Å². The van der Waals surface area contributed by atoms with Gasteiger partial charge in [-0.25, -0.2) is 0 Å². The number of carbonyl (C=O) groups excluding carboxylic acids is 1. The summed E-state index contributed by atoms with van der Waals surface area (Å²) in [5.41, 5.74) is 0.137. The summed E-state index contributed by atoms with van der Waals surface area (Å²) in [6.07, 6.45) is 0.975. The van der Waals surface area contributed by atoms with Crippen LogP contribution in [-0.2, 0) is 14.3 Å². The Morgan fingerprint density at radius 1 is 1.35 bits per heavy atom. The maximum Gasteiger partial charge on any atom is 0.309 e. The van der Waals surface area contributed by atoms with Gasteiger partial charge >= 0.3 is 5.97 Å². The van der Waals surface area contributed by atoms with Gasteiger partial charge in [-0.2, -0.15) is 0 Å². The SMILES string of the molecule is C/C1=C\[C@@H]2OC(=O)[C@@H](C)[C@@H]2C[C@@H]2O[C@@]2(C)[C@@H](O)C[C@@H]1O. The Labute approximate surface area is 118 Å². The molecule has 7 atom stereocenters. The lowest BCUT2D eigenvalue weighted by Gasteiger charge is -2.24. The highest BCUT2D eigenvalue weighted by atomic mass is 16.6. The van der Waals surface area contributed by atoms with E-state index in [-0.39, 0.29) is 36.4 Å². The van der Waals surface area contributed by atoms with E-state index in [1.807, 2.05) is 19.9 Å². The molecule has 3 aliphatic rings. The second-order valence-corrected chi connectivity index (χ2v) is 6.56. The van der Waals surface area contributed by atoms with Gasteiger partial charge in [0.15, 0.2) is 0 Å². The molecule has 0 unspecified atom stereocenters. The Morgan fingerprint density at radius 3 is 2.75 bits per heavy atom. The molecule has 0 spiro atoms. The number of hydrogen-bond acceptors (Lipinski definition) is 5. The van der Waals surface area contributed by atoms with E-state index in [1.54, 1.807) is 6.92 Å². The zero-order valence-corrected chi connectivity index (χ0v) is 12.1. The molecular weight excluding hydrogens is 260 g/mol. The van der Waals surface area contributed by atoms with Gasteiger partial charge in [-0.3, -0.25) is 4.79 Å². The molecule has 0 radical (unpaired) electrons. The van der Waals surface area contributed by atoms with Crippen LogP contribution in [0.2, 0.25) is 0 Å². The molecule has 0 aromatic rings. The number of aliphatic hydroxyl groups excluding tert-OH is 2. The van der Waals surface area contributed by atoms with Crippen LogP contribution >= 0.6 is 0 Å². The van der Waals surface area contributed by atoms with Crippen LogP contribution in [0.15, 0.2) is 11.6 Å². The van der Waals surface area contributed by atoms with E-state index in [2.05, 4.69) is 0 Å². The second-order valence-electron chi connectivity index (χ2n) is 6.56. The molecule has 0 aromatic carbocycles. The van der Waals surface area contributed by atoms with Crippen molar-refractivity contribution in [1.82, 2.24) is 0 Å². The van der Waals surface area contributed by atoms with Crippen molar-refractivity contribution >= 4 is 5.97 Å². The monoisotopic (exact) mass is 282 g/mol. The smallest absolute Gasteiger partial charge is 0.309 e. The van der Waals surface area contributed by atoms with Gasteiger partial charge in [-0.15, -0.1) is 0 Å². The fourth-order valence-electron chi connectivity index (χ4n) is 3.38. The number of epoxide rings is 1. The average Bonchev–Trinajstić information content (AvgIpc) is 2.97. The Hall–Kier alpha value is -0.910. The van der Waals surface area contributed by atoms with Gasteiger partial charge in [0.1, 0.15) is 11.7 Å². The summed E-state index contributed by atoms with van der Waals surface area (Å²) in [5.74, 6) is -0.325. The molecule has 3 rings (SSSR count). The fourth-order valence-corrected chi connectivity index (χ4v) is 3.38. The molecule has 1 aliphatic carbocycles. The predicted molar refractivity (Wildman–Crippen MR) is 70.8 cm³/mol. The molecule has 0 saturated carbocycles. The normalized spacial score (nSPS) is 54.2. The Balaban J connectivity index is 1.92. The summed E-state index contributed by atoms with van der Waals surface area (Å²) in [4.78, 5) is 11.8. The molecule has 2 aliphatic heterocycles. The summed E-state index contributed by atoms with van der Waals surface area (Å²) in [5, 5.41) is 20.4. The van der Waals surface area contributed by atoms with E-state index in [0.29, 0.717) is 6.42 Å². The van der Waals surface area contributed by atoms with Crippen LogP contribution < -0.4 is 0 Å². The topological polar surface area (TPSA) is 79.3 Å². The Morgan fingerprint density at radius 2 is 2.05 bits per heavy atom. The number of ether oxygens (including phenoxy) is 2. The van der Waals surface area contributed by atoms with Crippen LogP contribution in [0, 0.1) is 11.8 Å². The van der Waals surface area contributed by atoms with Crippen molar-refractivity contribution < 1.29 is 24.5 Å². The van der Waals surface area contributed by atoms with Crippen LogP contribution in [-0.4, -0.2) is 46.2 Å². The lowest BCUT2D eigenvalue weighted by Crippen LogP contribution is -2.35. The molecule has 0 bridgehead atoms. The highest BCUT2D eigenvalue weighted by Crippen LogP contribution is 2.48. The van der Waals surface area contributed by atoms with E-state index in [1.165, 1.54) is 0 Å². The number of rotatable bonds is 0. The second kappa shape index (κ2) is 4.55. The van der Waals surface area contributed by atoms with Crippen molar-refractivity contribution in [3.8, 4) is 0 Å². The zero-order valence-electron chi connectivity index (χ0n) is 12.1. The molecule has 5 heteroatoms. The molecule has 2 N–H and O–H groups in total. The summed E-state index contributed by atoms with van der Waals surface area (Å²) in [6, 6.07) is 0. The van der Waals surface area contributed by atoms with E-state index < -0.39 is 17.8 Å². The van der Waals surface area contributed by atoms with Crippen LogP contribution in [0.3, 0.4) is 0 Å².